The first-order valence-corrected chi connectivity index (χ1v) is 1.91. The molecule has 0 unspecified atom stereocenters. The molecule has 0 aliphatic carbocycles. The average molecular weight is 107 g/mol. The largest absolute Gasteiger partial charge is 0.325 e. The van der Waals surface area contributed by atoms with E-state index in [-0.39, 0.29) is 6.54 Å². The quantitative estimate of drug-likeness (QED) is 0.554. The van der Waals surface area contributed by atoms with Crippen molar-refractivity contribution in [2.24, 2.45) is 5.73 Å². The van der Waals surface area contributed by atoms with Crippen LogP contribution in [0.1, 0.15) is 0 Å². The normalized spacial score (nSPS) is 12.1. The highest BCUT2D eigenvalue weighted by molar-refractivity contribution is 4.91. The molecule has 0 aromatic rings. The van der Waals surface area contributed by atoms with Gasteiger partial charge in [0.05, 0.1) is 0 Å². The van der Waals surface area contributed by atoms with Gasteiger partial charge in [-0.05, 0) is 6.08 Å². The highest BCUT2D eigenvalue weighted by Gasteiger charge is 1.84. The lowest BCUT2D eigenvalue weighted by atomic mass is 10.5. The van der Waals surface area contributed by atoms with Crippen molar-refractivity contribution < 1.29 is 8.78 Å². The van der Waals surface area contributed by atoms with E-state index in [1.54, 1.807) is 0 Å². The third kappa shape index (κ3) is 3.39. The maximum Gasteiger partial charge on any atom is 0.112 e. The Morgan fingerprint density at radius 1 is 1.71 bits per heavy atom. The SMILES string of the molecule is NC/C(F)=C/CF. The lowest BCUT2D eigenvalue weighted by Crippen LogP contribution is -1.98. The molecule has 0 aliphatic rings. The number of allylic oxidation sites excluding steroid dienone is 1. The van der Waals surface area contributed by atoms with Crippen LogP contribution in [0.2, 0.25) is 0 Å². The van der Waals surface area contributed by atoms with E-state index in [0.29, 0.717) is 0 Å². The van der Waals surface area contributed by atoms with Gasteiger partial charge in [-0.3, -0.25) is 0 Å². The minimum Gasteiger partial charge on any atom is -0.325 e. The Morgan fingerprint density at radius 2 is 2.29 bits per heavy atom. The summed E-state index contributed by atoms with van der Waals surface area (Å²) < 4.78 is 22.7. The van der Waals surface area contributed by atoms with E-state index in [1.807, 2.05) is 0 Å². The van der Waals surface area contributed by atoms with Crippen LogP contribution in [-0.2, 0) is 0 Å². The zero-order chi connectivity index (χ0) is 5.70. The number of rotatable bonds is 2. The predicted molar refractivity (Wildman–Crippen MR) is 24.2 cm³/mol. The van der Waals surface area contributed by atoms with Crippen LogP contribution in [0.15, 0.2) is 11.9 Å². The minimum atomic E-state index is -0.775. The molecule has 1 nitrogen and oxygen atoms in total. The molecule has 0 atom stereocenters. The van der Waals surface area contributed by atoms with Crippen molar-refractivity contribution in [3.8, 4) is 0 Å². The molecule has 0 aromatic carbocycles. The first-order valence-electron chi connectivity index (χ1n) is 1.91. The molecule has 0 saturated carbocycles. The zero-order valence-corrected chi connectivity index (χ0v) is 3.82. The first-order chi connectivity index (χ1) is 3.31. The lowest BCUT2D eigenvalue weighted by molar-refractivity contribution is 0.538. The van der Waals surface area contributed by atoms with Gasteiger partial charge in [-0.15, -0.1) is 0 Å². The fourth-order valence-corrected chi connectivity index (χ4v) is 0.167. The molecule has 42 valence electrons. The van der Waals surface area contributed by atoms with E-state index in [1.165, 1.54) is 0 Å². The van der Waals surface area contributed by atoms with Crippen LogP contribution in [-0.4, -0.2) is 13.2 Å². The maximum absolute atomic E-state index is 11.6. The predicted octanol–water partition coefficient (Wildman–Crippen LogP) is 0.768. The molecule has 3 heteroatoms. The Kier molecular flexibility index (Phi) is 3.50. The molecule has 0 radical (unpaired) electrons. The Bertz CT molecular complexity index is 70.1. The molecule has 0 saturated heterocycles. The number of hydrogen-bond donors (Lipinski definition) is 1. The van der Waals surface area contributed by atoms with Crippen LogP contribution in [0.5, 0.6) is 0 Å². The standard InChI is InChI=1S/C4H7F2N/c5-2-1-4(6)3-7/h1H,2-3,7H2/b4-1-. The van der Waals surface area contributed by atoms with Gasteiger partial charge in [-0.1, -0.05) is 0 Å². The zero-order valence-electron chi connectivity index (χ0n) is 3.82. The highest BCUT2D eigenvalue weighted by Crippen LogP contribution is 1.89. The molecule has 0 fully saturated rings. The third-order valence-corrected chi connectivity index (χ3v) is 0.494. The monoisotopic (exact) mass is 107 g/mol. The van der Waals surface area contributed by atoms with E-state index in [4.69, 9.17) is 5.73 Å². The summed E-state index contributed by atoms with van der Waals surface area (Å²) in [5.74, 6) is -0.595. The summed E-state index contributed by atoms with van der Waals surface area (Å²) >= 11 is 0. The Labute approximate surface area is 40.8 Å². The smallest absolute Gasteiger partial charge is 0.112 e. The summed E-state index contributed by atoms with van der Waals surface area (Å²) in [5.41, 5.74) is 4.75. The van der Waals surface area contributed by atoms with Crippen LogP contribution in [0.25, 0.3) is 0 Å². The van der Waals surface area contributed by atoms with Gasteiger partial charge in [0.15, 0.2) is 0 Å². The lowest BCUT2D eigenvalue weighted by Gasteiger charge is -1.82. The van der Waals surface area contributed by atoms with E-state index in [9.17, 15) is 8.78 Å². The minimum absolute atomic E-state index is 0.204. The van der Waals surface area contributed by atoms with Gasteiger partial charge in [0.1, 0.15) is 12.5 Å². The van der Waals surface area contributed by atoms with Crippen molar-refractivity contribution in [2.75, 3.05) is 13.2 Å². The molecule has 2 N–H and O–H groups in total. The van der Waals surface area contributed by atoms with Gasteiger partial charge in [-0.2, -0.15) is 0 Å². The second kappa shape index (κ2) is 3.74. The molecule has 0 rings (SSSR count). The summed E-state index contributed by atoms with van der Waals surface area (Å²) in [7, 11) is 0. The Morgan fingerprint density at radius 3 is 2.43 bits per heavy atom. The highest BCUT2D eigenvalue weighted by atomic mass is 19.1. The summed E-state index contributed by atoms with van der Waals surface area (Å²) in [6.07, 6.45) is 0.806. The second-order valence-electron chi connectivity index (χ2n) is 1.01. The van der Waals surface area contributed by atoms with Gasteiger partial charge in [0, 0.05) is 6.54 Å². The fourth-order valence-electron chi connectivity index (χ4n) is 0.167. The molecule has 7 heavy (non-hydrogen) atoms. The fraction of sp³-hybridized carbons (Fsp3) is 0.500. The van der Waals surface area contributed by atoms with Gasteiger partial charge in [0.2, 0.25) is 0 Å². The van der Waals surface area contributed by atoms with Crippen LogP contribution in [0, 0.1) is 0 Å². The van der Waals surface area contributed by atoms with Gasteiger partial charge in [-0.25, -0.2) is 8.78 Å². The number of halogens is 2. The maximum atomic E-state index is 11.6. The summed E-state index contributed by atoms with van der Waals surface area (Å²) in [4.78, 5) is 0. The first kappa shape index (κ1) is 6.56. The summed E-state index contributed by atoms with van der Waals surface area (Å²) in [6.45, 7) is -0.979. The van der Waals surface area contributed by atoms with Crippen molar-refractivity contribution in [2.45, 2.75) is 0 Å². The van der Waals surface area contributed by atoms with Crippen molar-refractivity contribution >= 4 is 0 Å². The summed E-state index contributed by atoms with van der Waals surface area (Å²) in [5, 5.41) is 0. The van der Waals surface area contributed by atoms with Crippen molar-refractivity contribution in [1.29, 1.82) is 0 Å². The second-order valence-corrected chi connectivity index (χ2v) is 1.01. The summed E-state index contributed by atoms with van der Waals surface area (Å²) in [6, 6.07) is 0. The molecule has 0 aliphatic heterocycles. The van der Waals surface area contributed by atoms with E-state index in [0.717, 1.165) is 6.08 Å². The molecular weight excluding hydrogens is 100 g/mol. The van der Waals surface area contributed by atoms with Crippen molar-refractivity contribution in [3.05, 3.63) is 11.9 Å². The van der Waals surface area contributed by atoms with Crippen LogP contribution >= 0.6 is 0 Å². The number of alkyl halides is 1. The average Bonchev–Trinajstić information content (AvgIpc) is 1.68. The van der Waals surface area contributed by atoms with E-state index in [2.05, 4.69) is 0 Å². The van der Waals surface area contributed by atoms with Crippen molar-refractivity contribution in [3.63, 3.8) is 0 Å². The third-order valence-electron chi connectivity index (χ3n) is 0.494. The Hall–Kier alpha value is -0.440. The van der Waals surface area contributed by atoms with E-state index >= 15 is 0 Å². The molecule has 0 aromatic heterocycles. The Balaban J connectivity index is 3.29. The van der Waals surface area contributed by atoms with Gasteiger partial charge in [0.25, 0.3) is 0 Å². The molecule has 0 heterocycles. The van der Waals surface area contributed by atoms with E-state index < -0.39 is 12.5 Å². The number of hydrogen-bond acceptors (Lipinski definition) is 1. The molecule has 0 spiro atoms. The van der Waals surface area contributed by atoms with Crippen LogP contribution in [0.4, 0.5) is 8.78 Å². The molecule has 0 bridgehead atoms. The molecule has 0 amide bonds. The van der Waals surface area contributed by atoms with Crippen LogP contribution < -0.4 is 5.73 Å². The van der Waals surface area contributed by atoms with Gasteiger partial charge >= 0.3 is 0 Å². The number of nitrogens with two attached hydrogens (primary N) is 1. The van der Waals surface area contributed by atoms with Crippen LogP contribution in [0.3, 0.4) is 0 Å². The topological polar surface area (TPSA) is 26.0 Å². The molecular formula is C4H7F2N. The van der Waals surface area contributed by atoms with Crippen molar-refractivity contribution in [1.82, 2.24) is 0 Å². The van der Waals surface area contributed by atoms with Gasteiger partial charge < -0.3 is 5.73 Å².